The first-order valence-electron chi connectivity index (χ1n) is 5.30. The summed E-state index contributed by atoms with van der Waals surface area (Å²) in [5.74, 6) is 2.55. The molecule has 2 fully saturated rings. The lowest BCUT2D eigenvalue weighted by Gasteiger charge is -2.37. The summed E-state index contributed by atoms with van der Waals surface area (Å²) in [5.41, 5.74) is 0. The lowest BCUT2D eigenvalue weighted by Crippen LogP contribution is -2.32. The number of carbonyl (C=O) groups is 1. The molecule has 3 atom stereocenters. The van der Waals surface area contributed by atoms with Gasteiger partial charge in [-0.15, -0.1) is 0 Å². The van der Waals surface area contributed by atoms with Crippen LogP contribution in [0.5, 0.6) is 0 Å². The summed E-state index contributed by atoms with van der Waals surface area (Å²) < 4.78 is 0. The Labute approximate surface area is 74.5 Å². The fraction of sp³-hybridized carbons (Fsp3) is 0.909. The predicted molar refractivity (Wildman–Crippen MR) is 48.9 cm³/mol. The topological polar surface area (TPSA) is 17.1 Å². The third kappa shape index (κ3) is 1.41. The van der Waals surface area contributed by atoms with Crippen LogP contribution in [0.2, 0.25) is 0 Å². The number of hydrogen-bond donors (Lipinski definition) is 0. The molecular weight excluding hydrogens is 148 g/mol. The van der Waals surface area contributed by atoms with Crippen molar-refractivity contribution >= 4 is 5.78 Å². The molecule has 0 amide bonds. The van der Waals surface area contributed by atoms with Crippen LogP contribution in [0.1, 0.15) is 45.4 Å². The zero-order chi connectivity index (χ0) is 8.55. The quantitative estimate of drug-likeness (QED) is 0.541. The molecule has 12 heavy (non-hydrogen) atoms. The molecule has 1 heteroatoms. The number of ketones is 1. The van der Waals surface area contributed by atoms with Crippen LogP contribution in [0.3, 0.4) is 0 Å². The van der Waals surface area contributed by atoms with Gasteiger partial charge in [0, 0.05) is 12.3 Å². The minimum Gasteiger partial charge on any atom is -0.299 e. The highest BCUT2D eigenvalue weighted by molar-refractivity contribution is 5.81. The van der Waals surface area contributed by atoms with E-state index in [0.717, 1.165) is 18.3 Å². The summed E-state index contributed by atoms with van der Waals surface area (Å²) in [6.07, 6.45) is 7.56. The second-order valence-electron chi connectivity index (χ2n) is 4.61. The van der Waals surface area contributed by atoms with E-state index in [4.69, 9.17) is 0 Å². The molecule has 2 rings (SSSR count). The zero-order valence-electron chi connectivity index (χ0n) is 7.88. The molecule has 0 N–H and O–H groups in total. The molecule has 2 saturated carbocycles. The zero-order valence-corrected chi connectivity index (χ0v) is 7.88. The van der Waals surface area contributed by atoms with Crippen LogP contribution in [0.25, 0.3) is 0 Å². The van der Waals surface area contributed by atoms with Crippen LogP contribution >= 0.6 is 0 Å². The molecule has 0 heterocycles. The van der Waals surface area contributed by atoms with Gasteiger partial charge in [-0.1, -0.05) is 26.2 Å². The van der Waals surface area contributed by atoms with Gasteiger partial charge in [-0.2, -0.15) is 0 Å². The molecule has 2 aliphatic carbocycles. The summed E-state index contributed by atoms with van der Waals surface area (Å²) >= 11 is 0. The normalized spacial score (nSPS) is 42.4. The van der Waals surface area contributed by atoms with E-state index in [1.165, 1.54) is 32.1 Å². The van der Waals surface area contributed by atoms with Gasteiger partial charge in [-0.3, -0.25) is 4.79 Å². The summed E-state index contributed by atoms with van der Waals surface area (Å²) in [7, 11) is 0. The van der Waals surface area contributed by atoms with Crippen molar-refractivity contribution < 1.29 is 4.79 Å². The molecule has 2 aliphatic rings. The molecular formula is C11H18O. The van der Waals surface area contributed by atoms with E-state index >= 15 is 0 Å². The second-order valence-corrected chi connectivity index (χ2v) is 4.61. The molecule has 0 aromatic rings. The summed E-state index contributed by atoms with van der Waals surface area (Å²) in [5, 5.41) is 0. The van der Waals surface area contributed by atoms with Gasteiger partial charge < -0.3 is 0 Å². The first-order chi connectivity index (χ1) is 5.77. The number of fused-ring (bicyclic) bond motifs is 1. The molecule has 0 saturated heterocycles. The fourth-order valence-electron chi connectivity index (χ4n) is 2.91. The van der Waals surface area contributed by atoms with Crippen molar-refractivity contribution in [2.75, 3.05) is 0 Å². The van der Waals surface area contributed by atoms with Gasteiger partial charge in [0.05, 0.1) is 0 Å². The van der Waals surface area contributed by atoms with Crippen molar-refractivity contribution in [2.24, 2.45) is 17.8 Å². The van der Waals surface area contributed by atoms with Gasteiger partial charge in [0.25, 0.3) is 0 Å². The highest BCUT2D eigenvalue weighted by Gasteiger charge is 2.34. The Morgan fingerprint density at radius 1 is 1.17 bits per heavy atom. The SMILES string of the molecule is CC1C[C@@H]2CCCC[C@H]2CC1=O. The molecule has 0 bridgehead atoms. The number of Topliss-reactive ketones (excluding diaryl/α,β-unsaturated/α-hetero) is 1. The maximum Gasteiger partial charge on any atom is 0.135 e. The Kier molecular flexibility index (Phi) is 2.20. The van der Waals surface area contributed by atoms with Crippen LogP contribution in [-0.2, 0) is 4.79 Å². The summed E-state index contributed by atoms with van der Waals surface area (Å²) in [4.78, 5) is 11.4. The molecule has 68 valence electrons. The van der Waals surface area contributed by atoms with Crippen LogP contribution in [0.4, 0.5) is 0 Å². The largest absolute Gasteiger partial charge is 0.299 e. The Morgan fingerprint density at radius 3 is 2.58 bits per heavy atom. The average Bonchev–Trinajstić information content (AvgIpc) is 2.07. The standard InChI is InChI=1S/C11H18O/c1-8-6-9-4-2-3-5-10(9)7-11(8)12/h8-10H,2-7H2,1H3/t8?,9-,10-/m0/s1. The van der Waals surface area contributed by atoms with Crippen molar-refractivity contribution in [3.05, 3.63) is 0 Å². The van der Waals surface area contributed by atoms with Gasteiger partial charge in [-0.05, 0) is 24.7 Å². The monoisotopic (exact) mass is 166 g/mol. The third-order valence-electron chi connectivity index (χ3n) is 3.74. The maximum absolute atomic E-state index is 11.4. The van der Waals surface area contributed by atoms with E-state index in [1.54, 1.807) is 0 Å². The smallest absolute Gasteiger partial charge is 0.135 e. The first-order valence-corrected chi connectivity index (χ1v) is 5.30. The Bertz CT molecular complexity index is 185. The molecule has 1 unspecified atom stereocenters. The lowest BCUT2D eigenvalue weighted by atomic mass is 9.67. The summed E-state index contributed by atoms with van der Waals surface area (Å²) in [6.45, 7) is 2.10. The number of hydrogen-bond acceptors (Lipinski definition) is 1. The van der Waals surface area contributed by atoms with Crippen molar-refractivity contribution in [3.63, 3.8) is 0 Å². The average molecular weight is 166 g/mol. The Hall–Kier alpha value is -0.330. The van der Waals surface area contributed by atoms with Crippen molar-refractivity contribution in [1.82, 2.24) is 0 Å². The van der Waals surface area contributed by atoms with Gasteiger partial charge in [0.2, 0.25) is 0 Å². The molecule has 0 aliphatic heterocycles. The third-order valence-corrected chi connectivity index (χ3v) is 3.74. The molecule has 1 nitrogen and oxygen atoms in total. The number of rotatable bonds is 0. The minimum absolute atomic E-state index is 0.365. The highest BCUT2D eigenvalue weighted by atomic mass is 16.1. The first kappa shape index (κ1) is 8.28. The molecule has 0 aromatic heterocycles. The van der Waals surface area contributed by atoms with Gasteiger partial charge in [-0.25, -0.2) is 0 Å². The molecule has 0 spiro atoms. The van der Waals surface area contributed by atoms with Crippen LogP contribution in [0.15, 0.2) is 0 Å². The summed E-state index contributed by atoms with van der Waals surface area (Å²) in [6, 6.07) is 0. The number of carbonyl (C=O) groups excluding carboxylic acids is 1. The van der Waals surface area contributed by atoms with Gasteiger partial charge in [0.15, 0.2) is 0 Å². The van der Waals surface area contributed by atoms with Crippen LogP contribution in [0, 0.1) is 17.8 Å². The van der Waals surface area contributed by atoms with E-state index in [-0.39, 0.29) is 0 Å². The minimum atomic E-state index is 0.365. The lowest BCUT2D eigenvalue weighted by molar-refractivity contribution is -0.127. The second kappa shape index (κ2) is 3.20. The van der Waals surface area contributed by atoms with Gasteiger partial charge >= 0.3 is 0 Å². The Morgan fingerprint density at radius 2 is 1.83 bits per heavy atom. The van der Waals surface area contributed by atoms with E-state index in [9.17, 15) is 4.79 Å². The predicted octanol–water partition coefficient (Wildman–Crippen LogP) is 2.79. The Balaban J connectivity index is 2.02. The van der Waals surface area contributed by atoms with E-state index in [0.29, 0.717) is 11.7 Å². The highest BCUT2D eigenvalue weighted by Crippen LogP contribution is 2.40. The van der Waals surface area contributed by atoms with Crippen molar-refractivity contribution in [2.45, 2.75) is 45.4 Å². The van der Waals surface area contributed by atoms with Crippen LogP contribution < -0.4 is 0 Å². The van der Waals surface area contributed by atoms with Crippen molar-refractivity contribution in [1.29, 1.82) is 0 Å². The van der Waals surface area contributed by atoms with Crippen molar-refractivity contribution in [3.8, 4) is 0 Å². The van der Waals surface area contributed by atoms with E-state index < -0.39 is 0 Å². The molecule has 0 radical (unpaired) electrons. The van der Waals surface area contributed by atoms with E-state index in [2.05, 4.69) is 6.92 Å². The maximum atomic E-state index is 11.4. The van der Waals surface area contributed by atoms with Gasteiger partial charge in [0.1, 0.15) is 5.78 Å². The van der Waals surface area contributed by atoms with Crippen LogP contribution in [-0.4, -0.2) is 5.78 Å². The van der Waals surface area contributed by atoms with E-state index in [1.807, 2.05) is 0 Å². The fourth-order valence-corrected chi connectivity index (χ4v) is 2.91. The molecule has 0 aromatic carbocycles.